The molecule has 2 aliphatic rings. The average Bonchev–Trinajstić information content (AvgIpc) is 2.94. The number of benzene rings is 1. The molecule has 3 rings (SSSR count). The summed E-state index contributed by atoms with van der Waals surface area (Å²) in [5.74, 6) is 1.22. The van der Waals surface area contributed by atoms with Crippen molar-refractivity contribution in [3.05, 3.63) is 29.3 Å². The predicted octanol–water partition coefficient (Wildman–Crippen LogP) is 2.20. The molecule has 2 atom stereocenters. The Morgan fingerprint density at radius 2 is 2.19 bits per heavy atom. The van der Waals surface area contributed by atoms with E-state index in [-0.39, 0.29) is 6.04 Å². The Balaban J connectivity index is 1.76. The highest BCUT2D eigenvalue weighted by Crippen LogP contribution is 2.27. The van der Waals surface area contributed by atoms with Gasteiger partial charge in [0.15, 0.2) is 0 Å². The van der Waals surface area contributed by atoms with Crippen LogP contribution in [0.4, 0.5) is 0 Å². The Kier molecular flexibility index (Phi) is 3.89. The molecule has 2 aliphatic heterocycles. The third-order valence-electron chi connectivity index (χ3n) is 4.87. The molecule has 1 aromatic carbocycles. The minimum absolute atomic E-state index is 0.0216. The maximum absolute atomic E-state index is 12.4. The number of carbonyl (C=O) groups is 1. The highest BCUT2D eigenvalue weighted by atomic mass is 16.5. The molecule has 0 bridgehead atoms. The van der Waals surface area contributed by atoms with Crippen molar-refractivity contribution in [1.82, 2.24) is 9.80 Å². The Morgan fingerprint density at radius 3 is 2.95 bits per heavy atom. The van der Waals surface area contributed by atoms with Crippen LogP contribution in [-0.2, 0) is 11.3 Å². The Hall–Kier alpha value is -1.55. The van der Waals surface area contributed by atoms with Gasteiger partial charge in [-0.2, -0.15) is 0 Å². The summed E-state index contributed by atoms with van der Waals surface area (Å²) in [6, 6.07) is 6.71. The molecule has 0 spiro atoms. The van der Waals surface area contributed by atoms with Crippen LogP contribution in [-0.4, -0.2) is 48.0 Å². The molecule has 0 radical (unpaired) electrons. The predicted molar refractivity (Wildman–Crippen MR) is 82.3 cm³/mol. The first kappa shape index (κ1) is 14.4. The number of nitrogens with zero attached hydrogens (tertiary/aromatic N) is 2. The maximum atomic E-state index is 12.4. The molecular formula is C17H24N2O2. The molecule has 0 saturated carbocycles. The van der Waals surface area contributed by atoms with E-state index in [0.29, 0.717) is 11.9 Å². The first-order valence-electron chi connectivity index (χ1n) is 7.78. The van der Waals surface area contributed by atoms with Crippen LogP contribution in [0.1, 0.15) is 30.9 Å². The first-order chi connectivity index (χ1) is 10.1. The number of hydrogen-bond donors (Lipinski definition) is 0. The van der Waals surface area contributed by atoms with Crippen LogP contribution < -0.4 is 4.74 Å². The van der Waals surface area contributed by atoms with Gasteiger partial charge in [0.2, 0.25) is 5.91 Å². The summed E-state index contributed by atoms with van der Waals surface area (Å²) in [6.07, 6.45) is 2.29. The first-order valence-corrected chi connectivity index (χ1v) is 7.78. The molecule has 1 amide bonds. The number of rotatable bonds is 3. The zero-order valence-electron chi connectivity index (χ0n) is 13.1. The molecule has 2 saturated heterocycles. The quantitative estimate of drug-likeness (QED) is 0.855. The van der Waals surface area contributed by atoms with Crippen molar-refractivity contribution in [3.63, 3.8) is 0 Å². The van der Waals surface area contributed by atoms with E-state index in [1.165, 1.54) is 5.56 Å². The average molecular weight is 288 g/mol. The van der Waals surface area contributed by atoms with Crippen molar-refractivity contribution in [2.45, 2.75) is 45.3 Å². The van der Waals surface area contributed by atoms with E-state index < -0.39 is 0 Å². The van der Waals surface area contributed by atoms with Crippen LogP contribution in [0.25, 0.3) is 0 Å². The van der Waals surface area contributed by atoms with Gasteiger partial charge < -0.3 is 9.64 Å². The van der Waals surface area contributed by atoms with E-state index in [4.69, 9.17) is 4.74 Å². The number of aryl methyl sites for hydroxylation is 1. The van der Waals surface area contributed by atoms with Gasteiger partial charge in [-0.3, -0.25) is 9.69 Å². The van der Waals surface area contributed by atoms with Crippen molar-refractivity contribution >= 4 is 5.91 Å². The number of ether oxygens (including phenoxy) is 1. The molecule has 2 fully saturated rings. The number of fused-ring (bicyclic) bond motifs is 1. The lowest BCUT2D eigenvalue weighted by molar-refractivity contribution is -0.143. The van der Waals surface area contributed by atoms with E-state index in [0.717, 1.165) is 43.8 Å². The largest absolute Gasteiger partial charge is 0.496 e. The van der Waals surface area contributed by atoms with Gasteiger partial charge in [-0.05, 0) is 43.9 Å². The fraction of sp³-hybridized carbons (Fsp3) is 0.588. The Bertz CT molecular complexity index is 544. The molecule has 1 aromatic rings. The zero-order valence-corrected chi connectivity index (χ0v) is 13.1. The number of carbonyl (C=O) groups excluding carboxylic acids is 1. The molecule has 114 valence electrons. The summed E-state index contributed by atoms with van der Waals surface area (Å²) in [4.78, 5) is 16.8. The van der Waals surface area contributed by atoms with Crippen LogP contribution >= 0.6 is 0 Å². The number of piperazine rings is 1. The van der Waals surface area contributed by atoms with Crippen molar-refractivity contribution < 1.29 is 9.53 Å². The van der Waals surface area contributed by atoms with E-state index in [9.17, 15) is 4.79 Å². The standard InChI is InChI=1S/C17H24N2O2/c1-12-6-7-14(9-16(12)21-3)10-18-11-15-5-4-8-19(15)17(20)13(18)2/h6-7,9,13,15H,4-5,8,10-11H2,1-3H3/t13-,15+/m1/s1. The Labute approximate surface area is 126 Å². The van der Waals surface area contributed by atoms with E-state index in [1.807, 2.05) is 13.8 Å². The van der Waals surface area contributed by atoms with Gasteiger partial charge in [-0.15, -0.1) is 0 Å². The van der Waals surface area contributed by atoms with Gasteiger partial charge in [-0.25, -0.2) is 0 Å². The molecule has 0 aliphatic carbocycles. The second kappa shape index (κ2) is 5.68. The second-order valence-corrected chi connectivity index (χ2v) is 6.24. The topological polar surface area (TPSA) is 32.8 Å². The maximum Gasteiger partial charge on any atom is 0.239 e. The molecule has 0 aromatic heterocycles. The smallest absolute Gasteiger partial charge is 0.239 e. The fourth-order valence-electron chi connectivity index (χ4n) is 3.54. The Morgan fingerprint density at radius 1 is 1.38 bits per heavy atom. The summed E-state index contributed by atoms with van der Waals surface area (Å²) < 4.78 is 5.40. The van der Waals surface area contributed by atoms with Crippen molar-refractivity contribution in [2.75, 3.05) is 20.2 Å². The molecule has 0 unspecified atom stereocenters. The number of hydrogen-bond acceptors (Lipinski definition) is 3. The SMILES string of the molecule is COc1cc(CN2C[C@@H]3CCCN3C(=O)[C@H]2C)ccc1C. The van der Waals surface area contributed by atoms with Crippen LogP contribution in [0.5, 0.6) is 5.75 Å². The molecule has 21 heavy (non-hydrogen) atoms. The van der Waals surface area contributed by atoms with Crippen molar-refractivity contribution in [3.8, 4) is 5.75 Å². The zero-order chi connectivity index (χ0) is 15.0. The van der Waals surface area contributed by atoms with Crippen LogP contribution in [0.2, 0.25) is 0 Å². The summed E-state index contributed by atoms with van der Waals surface area (Å²) in [5, 5.41) is 0. The molecular weight excluding hydrogens is 264 g/mol. The lowest BCUT2D eigenvalue weighted by Crippen LogP contribution is -2.58. The van der Waals surface area contributed by atoms with Crippen LogP contribution in [0.3, 0.4) is 0 Å². The lowest BCUT2D eigenvalue weighted by Gasteiger charge is -2.41. The summed E-state index contributed by atoms with van der Waals surface area (Å²) in [5.41, 5.74) is 2.36. The van der Waals surface area contributed by atoms with Crippen molar-refractivity contribution in [2.24, 2.45) is 0 Å². The summed E-state index contributed by atoms with van der Waals surface area (Å²) in [7, 11) is 1.70. The monoisotopic (exact) mass is 288 g/mol. The van der Waals surface area contributed by atoms with E-state index in [1.54, 1.807) is 7.11 Å². The minimum Gasteiger partial charge on any atom is -0.496 e. The van der Waals surface area contributed by atoms with Crippen LogP contribution in [0, 0.1) is 6.92 Å². The van der Waals surface area contributed by atoms with Gasteiger partial charge in [0, 0.05) is 25.7 Å². The summed E-state index contributed by atoms with van der Waals surface area (Å²) >= 11 is 0. The molecule has 0 N–H and O–H groups in total. The number of methoxy groups -OCH3 is 1. The van der Waals surface area contributed by atoms with Crippen LogP contribution in [0.15, 0.2) is 18.2 Å². The highest BCUT2D eigenvalue weighted by Gasteiger charge is 2.39. The molecule has 4 heteroatoms. The highest BCUT2D eigenvalue weighted by molar-refractivity contribution is 5.83. The van der Waals surface area contributed by atoms with Crippen molar-refractivity contribution in [1.29, 1.82) is 0 Å². The third-order valence-corrected chi connectivity index (χ3v) is 4.87. The lowest BCUT2D eigenvalue weighted by atomic mass is 10.0. The number of amides is 1. The van der Waals surface area contributed by atoms with Gasteiger partial charge in [-0.1, -0.05) is 12.1 Å². The van der Waals surface area contributed by atoms with Gasteiger partial charge >= 0.3 is 0 Å². The van der Waals surface area contributed by atoms with Gasteiger partial charge in [0.1, 0.15) is 5.75 Å². The molecule has 4 nitrogen and oxygen atoms in total. The minimum atomic E-state index is -0.0216. The fourth-order valence-corrected chi connectivity index (χ4v) is 3.54. The second-order valence-electron chi connectivity index (χ2n) is 6.24. The van der Waals surface area contributed by atoms with E-state index in [2.05, 4.69) is 28.0 Å². The third kappa shape index (κ3) is 2.64. The van der Waals surface area contributed by atoms with Gasteiger partial charge in [0.25, 0.3) is 0 Å². The van der Waals surface area contributed by atoms with E-state index >= 15 is 0 Å². The van der Waals surface area contributed by atoms with Gasteiger partial charge in [0.05, 0.1) is 13.2 Å². The molecule has 2 heterocycles. The normalized spacial score (nSPS) is 26.0. The summed E-state index contributed by atoms with van der Waals surface area (Å²) in [6.45, 7) is 6.82.